The smallest absolute Gasteiger partial charge is 0.0900 e. The molecule has 0 saturated heterocycles. The zero-order valence-corrected chi connectivity index (χ0v) is 17.8. The maximum atomic E-state index is 10.6. The van der Waals surface area contributed by atoms with Crippen molar-refractivity contribution in [3.63, 3.8) is 0 Å². The standard InChI is InChI=1S/C26H32N2O2/c1-21-8-5-6-11-23(21)16-27-15-7-12-25(27)17-28(24-13-14-24)18-26(29)20-30-19-22-9-3-2-4-10-22/h2-12,15,24,26,29H,13-14,16-20H2,1H3/t26-/m0/s1. The summed E-state index contributed by atoms with van der Waals surface area (Å²) >= 11 is 0. The molecule has 1 fully saturated rings. The fraction of sp³-hybridized carbons (Fsp3) is 0.385. The number of ether oxygens (including phenoxy) is 1. The first-order valence-corrected chi connectivity index (χ1v) is 10.9. The van der Waals surface area contributed by atoms with Crippen molar-refractivity contribution in [2.45, 2.75) is 51.6 Å². The normalized spacial score (nSPS) is 14.9. The minimum atomic E-state index is -0.478. The van der Waals surface area contributed by atoms with Gasteiger partial charge in [0.05, 0.1) is 19.3 Å². The first-order valence-electron chi connectivity index (χ1n) is 10.9. The molecule has 4 nitrogen and oxygen atoms in total. The molecule has 3 aromatic rings. The Balaban J connectivity index is 1.32. The molecule has 1 aliphatic carbocycles. The highest BCUT2D eigenvalue weighted by atomic mass is 16.5. The van der Waals surface area contributed by atoms with Crippen molar-refractivity contribution in [2.24, 2.45) is 0 Å². The Hall–Kier alpha value is -2.40. The molecule has 1 aromatic heterocycles. The molecule has 2 aromatic carbocycles. The van der Waals surface area contributed by atoms with E-state index in [0.717, 1.165) is 18.7 Å². The quantitative estimate of drug-likeness (QED) is 0.515. The minimum Gasteiger partial charge on any atom is -0.389 e. The molecule has 1 aliphatic rings. The highest BCUT2D eigenvalue weighted by molar-refractivity contribution is 5.26. The molecule has 0 amide bonds. The molecule has 1 atom stereocenters. The lowest BCUT2D eigenvalue weighted by Gasteiger charge is -2.25. The Kier molecular flexibility index (Phi) is 7.00. The van der Waals surface area contributed by atoms with E-state index in [2.05, 4.69) is 59.0 Å². The van der Waals surface area contributed by atoms with Crippen LogP contribution in [-0.2, 0) is 24.4 Å². The SMILES string of the molecule is Cc1ccccc1Cn1cccc1CN(C[C@H](O)COCc1ccccc1)C1CC1. The van der Waals surface area contributed by atoms with Crippen LogP contribution in [0.2, 0.25) is 0 Å². The third-order valence-corrected chi connectivity index (χ3v) is 5.82. The second-order valence-corrected chi connectivity index (χ2v) is 8.37. The van der Waals surface area contributed by atoms with Crippen LogP contribution in [0.15, 0.2) is 72.9 Å². The van der Waals surface area contributed by atoms with Crippen LogP contribution in [0.25, 0.3) is 0 Å². The van der Waals surface area contributed by atoms with Crippen molar-refractivity contribution in [3.8, 4) is 0 Å². The summed E-state index contributed by atoms with van der Waals surface area (Å²) in [5.41, 5.74) is 5.10. The molecule has 0 radical (unpaired) electrons. The highest BCUT2D eigenvalue weighted by Gasteiger charge is 2.30. The number of aryl methyl sites for hydroxylation is 1. The van der Waals surface area contributed by atoms with E-state index in [1.54, 1.807) is 0 Å². The van der Waals surface area contributed by atoms with E-state index in [1.165, 1.54) is 29.7 Å². The first-order chi connectivity index (χ1) is 14.7. The van der Waals surface area contributed by atoms with Crippen LogP contribution in [0.5, 0.6) is 0 Å². The largest absolute Gasteiger partial charge is 0.389 e. The average Bonchev–Trinajstić information content (AvgIpc) is 3.51. The van der Waals surface area contributed by atoms with Gasteiger partial charge in [-0.2, -0.15) is 0 Å². The molecule has 1 N–H and O–H groups in total. The minimum absolute atomic E-state index is 0.363. The molecule has 4 rings (SSSR count). The van der Waals surface area contributed by atoms with Gasteiger partial charge in [-0.15, -0.1) is 0 Å². The predicted octanol–water partition coefficient (Wildman–Crippen LogP) is 4.39. The first kappa shape index (κ1) is 20.9. The summed E-state index contributed by atoms with van der Waals surface area (Å²) in [6.07, 6.45) is 4.12. The maximum Gasteiger partial charge on any atom is 0.0900 e. The van der Waals surface area contributed by atoms with Gasteiger partial charge in [-0.3, -0.25) is 4.90 Å². The van der Waals surface area contributed by atoms with Gasteiger partial charge >= 0.3 is 0 Å². The number of aliphatic hydroxyl groups is 1. The number of rotatable bonds is 11. The van der Waals surface area contributed by atoms with Gasteiger partial charge in [-0.1, -0.05) is 54.6 Å². The average molecular weight is 405 g/mol. The number of aliphatic hydroxyl groups excluding tert-OH is 1. The lowest BCUT2D eigenvalue weighted by molar-refractivity contribution is 0.00672. The zero-order chi connectivity index (χ0) is 20.8. The van der Waals surface area contributed by atoms with E-state index in [1.807, 2.05) is 30.3 Å². The molecule has 1 saturated carbocycles. The second kappa shape index (κ2) is 10.1. The molecule has 0 aliphatic heterocycles. The van der Waals surface area contributed by atoms with Gasteiger partial charge in [0.15, 0.2) is 0 Å². The van der Waals surface area contributed by atoms with Gasteiger partial charge in [-0.05, 0) is 48.6 Å². The topological polar surface area (TPSA) is 37.6 Å². The van der Waals surface area contributed by atoms with Crippen LogP contribution in [0.1, 0.15) is 35.2 Å². The van der Waals surface area contributed by atoms with Gasteiger partial charge in [0.2, 0.25) is 0 Å². The molecule has 0 bridgehead atoms. The lowest BCUT2D eigenvalue weighted by atomic mass is 10.1. The van der Waals surface area contributed by atoms with E-state index in [9.17, 15) is 5.11 Å². The van der Waals surface area contributed by atoms with Crippen LogP contribution in [0, 0.1) is 6.92 Å². The number of nitrogens with zero attached hydrogens (tertiary/aromatic N) is 2. The molecular formula is C26H32N2O2. The highest BCUT2D eigenvalue weighted by Crippen LogP contribution is 2.29. The fourth-order valence-electron chi connectivity index (χ4n) is 3.92. The van der Waals surface area contributed by atoms with Crippen LogP contribution >= 0.6 is 0 Å². The van der Waals surface area contributed by atoms with E-state index in [4.69, 9.17) is 4.74 Å². The molecule has 4 heteroatoms. The van der Waals surface area contributed by atoms with Crippen LogP contribution < -0.4 is 0 Å². The molecular weight excluding hydrogens is 372 g/mol. The summed E-state index contributed by atoms with van der Waals surface area (Å²) in [6.45, 7) is 5.47. The number of hydrogen-bond donors (Lipinski definition) is 1. The van der Waals surface area contributed by atoms with Crippen molar-refractivity contribution >= 4 is 0 Å². The summed E-state index contributed by atoms with van der Waals surface area (Å²) in [4.78, 5) is 2.42. The summed E-state index contributed by atoms with van der Waals surface area (Å²) < 4.78 is 8.08. The molecule has 0 spiro atoms. The fourth-order valence-corrected chi connectivity index (χ4v) is 3.92. The van der Waals surface area contributed by atoms with Crippen molar-refractivity contribution in [3.05, 3.63) is 95.3 Å². The van der Waals surface area contributed by atoms with Gasteiger partial charge in [0, 0.05) is 37.6 Å². The van der Waals surface area contributed by atoms with Gasteiger partial charge in [-0.25, -0.2) is 0 Å². The van der Waals surface area contributed by atoms with Gasteiger partial charge < -0.3 is 14.4 Å². The number of aromatic nitrogens is 1. The third kappa shape index (κ3) is 5.82. The Morgan fingerprint density at radius 3 is 2.57 bits per heavy atom. The maximum absolute atomic E-state index is 10.6. The number of benzene rings is 2. The molecule has 158 valence electrons. The predicted molar refractivity (Wildman–Crippen MR) is 120 cm³/mol. The van der Waals surface area contributed by atoms with E-state index < -0.39 is 6.10 Å². The zero-order valence-electron chi connectivity index (χ0n) is 17.8. The summed E-state index contributed by atoms with van der Waals surface area (Å²) in [7, 11) is 0. The van der Waals surface area contributed by atoms with Gasteiger partial charge in [0.25, 0.3) is 0 Å². The van der Waals surface area contributed by atoms with E-state index in [0.29, 0.717) is 25.8 Å². The molecule has 1 heterocycles. The van der Waals surface area contributed by atoms with Crippen molar-refractivity contribution in [1.82, 2.24) is 9.47 Å². The van der Waals surface area contributed by atoms with Crippen LogP contribution in [-0.4, -0.2) is 39.9 Å². The summed E-state index contributed by atoms with van der Waals surface area (Å²) in [5, 5.41) is 10.6. The van der Waals surface area contributed by atoms with Crippen LogP contribution in [0.4, 0.5) is 0 Å². The summed E-state index contributed by atoms with van der Waals surface area (Å²) in [6, 6.07) is 23.6. The van der Waals surface area contributed by atoms with Crippen molar-refractivity contribution in [2.75, 3.05) is 13.2 Å². The lowest BCUT2D eigenvalue weighted by Crippen LogP contribution is -2.36. The van der Waals surface area contributed by atoms with Crippen molar-refractivity contribution < 1.29 is 9.84 Å². The van der Waals surface area contributed by atoms with Crippen LogP contribution in [0.3, 0.4) is 0 Å². The Morgan fingerprint density at radius 1 is 1.03 bits per heavy atom. The monoisotopic (exact) mass is 404 g/mol. The van der Waals surface area contributed by atoms with E-state index >= 15 is 0 Å². The molecule has 0 unspecified atom stereocenters. The Bertz CT molecular complexity index is 918. The van der Waals surface area contributed by atoms with Crippen molar-refractivity contribution in [1.29, 1.82) is 0 Å². The van der Waals surface area contributed by atoms with Gasteiger partial charge in [0.1, 0.15) is 0 Å². The summed E-state index contributed by atoms with van der Waals surface area (Å²) in [5.74, 6) is 0. The Morgan fingerprint density at radius 2 is 1.80 bits per heavy atom. The number of hydrogen-bond acceptors (Lipinski definition) is 3. The molecule has 30 heavy (non-hydrogen) atoms. The second-order valence-electron chi connectivity index (χ2n) is 8.37. The third-order valence-electron chi connectivity index (χ3n) is 5.82. The Labute approximate surface area is 179 Å². The van der Waals surface area contributed by atoms with E-state index in [-0.39, 0.29) is 0 Å².